The largest absolute Gasteiger partial charge is 0.497 e. The summed E-state index contributed by atoms with van der Waals surface area (Å²) in [5.41, 5.74) is 0.541. The van der Waals surface area contributed by atoms with Gasteiger partial charge in [-0.15, -0.1) is 0 Å². The lowest BCUT2D eigenvalue weighted by Crippen LogP contribution is -2.45. The minimum atomic E-state index is -3.80. The second-order valence-electron chi connectivity index (χ2n) is 5.44. The van der Waals surface area contributed by atoms with Gasteiger partial charge in [0.05, 0.1) is 19.1 Å². The Labute approximate surface area is 146 Å². The van der Waals surface area contributed by atoms with Crippen molar-refractivity contribution >= 4 is 27.3 Å². The van der Waals surface area contributed by atoms with Crippen LogP contribution in [0.25, 0.3) is 0 Å². The highest BCUT2D eigenvalue weighted by Crippen LogP contribution is 2.23. The Balaban J connectivity index is 2.30. The molecule has 2 aromatic rings. The molecule has 0 bridgehead atoms. The van der Waals surface area contributed by atoms with Crippen molar-refractivity contribution in [2.24, 2.45) is 0 Å². The van der Waals surface area contributed by atoms with Gasteiger partial charge in [0.2, 0.25) is 15.9 Å². The number of carbonyl (C=O) groups is 1. The fraction of sp³-hybridized carbons (Fsp3) is 0.235. The van der Waals surface area contributed by atoms with Crippen molar-refractivity contribution in [2.75, 3.05) is 23.0 Å². The highest BCUT2D eigenvalue weighted by Gasteiger charge is 2.29. The Morgan fingerprint density at radius 2 is 1.88 bits per heavy atom. The Bertz CT molecular complexity index is 870. The molecule has 0 fully saturated rings. The number of hydrogen-bond donors (Lipinski definition) is 1. The summed E-state index contributed by atoms with van der Waals surface area (Å²) in [4.78, 5) is 12.5. The smallest absolute Gasteiger partial charge is 0.247 e. The zero-order valence-corrected chi connectivity index (χ0v) is 14.9. The number of carbonyl (C=O) groups excluding carboxylic acids is 1. The van der Waals surface area contributed by atoms with Crippen LogP contribution in [-0.2, 0) is 14.8 Å². The number of nitrogens with zero attached hydrogens (tertiary/aromatic N) is 1. The monoisotopic (exact) mass is 366 g/mol. The van der Waals surface area contributed by atoms with Gasteiger partial charge in [-0.05, 0) is 37.3 Å². The number of methoxy groups -OCH3 is 1. The number of amides is 1. The van der Waals surface area contributed by atoms with Crippen molar-refractivity contribution in [2.45, 2.75) is 13.0 Å². The van der Waals surface area contributed by atoms with Crippen molar-refractivity contribution in [1.82, 2.24) is 0 Å². The summed E-state index contributed by atoms with van der Waals surface area (Å²) >= 11 is 0. The minimum absolute atomic E-state index is 0.0794. The van der Waals surface area contributed by atoms with E-state index in [-0.39, 0.29) is 5.69 Å². The molecule has 1 atom stereocenters. The lowest BCUT2D eigenvalue weighted by atomic mass is 10.2. The van der Waals surface area contributed by atoms with E-state index in [2.05, 4.69) is 5.32 Å². The van der Waals surface area contributed by atoms with Crippen molar-refractivity contribution in [3.8, 4) is 5.75 Å². The fourth-order valence-corrected chi connectivity index (χ4v) is 3.54. The van der Waals surface area contributed by atoms with Crippen molar-refractivity contribution in [1.29, 1.82) is 0 Å². The average Bonchev–Trinajstić information content (AvgIpc) is 2.53. The number of nitrogens with one attached hydrogen (secondary N) is 1. The first-order valence-electron chi connectivity index (χ1n) is 7.42. The maximum Gasteiger partial charge on any atom is 0.247 e. The average molecular weight is 366 g/mol. The van der Waals surface area contributed by atoms with Gasteiger partial charge in [-0.2, -0.15) is 0 Å². The van der Waals surface area contributed by atoms with Crippen LogP contribution in [0.15, 0.2) is 48.5 Å². The van der Waals surface area contributed by atoms with Gasteiger partial charge in [0, 0.05) is 11.8 Å². The number of benzene rings is 2. The van der Waals surface area contributed by atoms with Crippen LogP contribution in [0.2, 0.25) is 0 Å². The molecule has 0 saturated carbocycles. The molecule has 0 saturated heterocycles. The minimum Gasteiger partial charge on any atom is -0.497 e. The second-order valence-corrected chi connectivity index (χ2v) is 7.30. The number of ether oxygens (including phenoxy) is 1. The quantitative estimate of drug-likeness (QED) is 0.853. The molecule has 8 heteroatoms. The van der Waals surface area contributed by atoms with Crippen LogP contribution >= 0.6 is 0 Å². The van der Waals surface area contributed by atoms with E-state index in [0.717, 1.165) is 16.6 Å². The standard InChI is InChI=1S/C17H19FN2O4S/c1-12(17(21)19-14-7-5-9-16(11-14)24-2)20(25(3,22)23)15-8-4-6-13(18)10-15/h4-12H,1-3H3,(H,19,21)/t12-/m0/s1. The molecule has 0 aliphatic heterocycles. The molecule has 0 radical (unpaired) electrons. The van der Waals surface area contributed by atoms with Crippen molar-refractivity contribution in [3.05, 3.63) is 54.3 Å². The maximum atomic E-state index is 13.5. The fourth-order valence-electron chi connectivity index (χ4n) is 2.37. The summed E-state index contributed by atoms with van der Waals surface area (Å²) in [6, 6.07) is 10.7. The highest BCUT2D eigenvalue weighted by molar-refractivity contribution is 7.92. The van der Waals surface area contributed by atoms with Crippen LogP contribution < -0.4 is 14.4 Å². The van der Waals surface area contributed by atoms with Crippen LogP contribution in [0.5, 0.6) is 5.75 Å². The summed E-state index contributed by atoms with van der Waals surface area (Å²) in [6.45, 7) is 1.43. The van der Waals surface area contributed by atoms with Gasteiger partial charge in [-0.3, -0.25) is 9.10 Å². The molecule has 1 amide bonds. The third kappa shape index (κ3) is 4.69. The summed E-state index contributed by atoms with van der Waals surface area (Å²) in [5, 5.41) is 2.63. The highest BCUT2D eigenvalue weighted by atomic mass is 32.2. The SMILES string of the molecule is COc1cccc(NC(=O)[C@H](C)N(c2cccc(F)c2)S(C)(=O)=O)c1. The van der Waals surface area contributed by atoms with E-state index in [0.29, 0.717) is 11.4 Å². The van der Waals surface area contributed by atoms with Gasteiger partial charge in [0.15, 0.2) is 0 Å². The lowest BCUT2D eigenvalue weighted by molar-refractivity contribution is -0.116. The van der Waals surface area contributed by atoms with Gasteiger partial charge in [0.25, 0.3) is 0 Å². The molecule has 0 unspecified atom stereocenters. The van der Waals surface area contributed by atoms with Crippen molar-refractivity contribution < 1.29 is 22.3 Å². The van der Waals surface area contributed by atoms with E-state index in [4.69, 9.17) is 4.74 Å². The first-order valence-corrected chi connectivity index (χ1v) is 9.27. The molecule has 6 nitrogen and oxygen atoms in total. The Kier molecular flexibility index (Phi) is 5.63. The number of hydrogen-bond acceptors (Lipinski definition) is 4. The molecular weight excluding hydrogens is 347 g/mol. The Morgan fingerprint density at radius 3 is 2.48 bits per heavy atom. The molecule has 0 spiro atoms. The van der Waals surface area contributed by atoms with Crippen LogP contribution in [-0.4, -0.2) is 33.7 Å². The van der Waals surface area contributed by atoms with Crippen LogP contribution in [0.1, 0.15) is 6.92 Å². The predicted octanol–water partition coefficient (Wildman–Crippen LogP) is 2.63. The van der Waals surface area contributed by atoms with Gasteiger partial charge in [-0.1, -0.05) is 12.1 Å². The molecule has 0 aromatic heterocycles. The summed E-state index contributed by atoms with van der Waals surface area (Å²) in [7, 11) is -2.30. The van der Waals surface area contributed by atoms with Crippen molar-refractivity contribution in [3.63, 3.8) is 0 Å². The summed E-state index contributed by atoms with van der Waals surface area (Å²) in [5.74, 6) is -0.593. The van der Waals surface area contributed by atoms with E-state index in [1.54, 1.807) is 24.3 Å². The molecule has 2 rings (SSSR count). The first kappa shape index (κ1) is 18.7. The van der Waals surface area contributed by atoms with Crippen LogP contribution in [0, 0.1) is 5.82 Å². The third-order valence-electron chi connectivity index (χ3n) is 3.49. The topological polar surface area (TPSA) is 75.7 Å². The molecule has 0 aliphatic rings. The number of rotatable bonds is 6. The van der Waals surface area contributed by atoms with Crippen LogP contribution in [0.4, 0.5) is 15.8 Å². The number of halogens is 1. The van der Waals surface area contributed by atoms with Gasteiger partial charge in [0.1, 0.15) is 17.6 Å². The van der Waals surface area contributed by atoms with Crippen LogP contribution in [0.3, 0.4) is 0 Å². The maximum absolute atomic E-state index is 13.5. The van der Waals surface area contributed by atoms with E-state index in [1.165, 1.54) is 32.2 Å². The summed E-state index contributed by atoms with van der Waals surface area (Å²) in [6.07, 6.45) is 0.966. The van der Waals surface area contributed by atoms with E-state index >= 15 is 0 Å². The van der Waals surface area contributed by atoms with E-state index in [1.807, 2.05) is 0 Å². The number of anilines is 2. The Morgan fingerprint density at radius 1 is 1.20 bits per heavy atom. The van der Waals surface area contributed by atoms with Gasteiger partial charge >= 0.3 is 0 Å². The van der Waals surface area contributed by atoms with Gasteiger partial charge in [-0.25, -0.2) is 12.8 Å². The number of sulfonamides is 1. The Hall–Kier alpha value is -2.61. The molecule has 134 valence electrons. The van der Waals surface area contributed by atoms with Gasteiger partial charge < -0.3 is 10.1 Å². The lowest BCUT2D eigenvalue weighted by Gasteiger charge is -2.28. The molecule has 1 N–H and O–H groups in total. The molecular formula is C17H19FN2O4S. The van der Waals surface area contributed by atoms with E-state index in [9.17, 15) is 17.6 Å². The predicted molar refractivity (Wildman–Crippen MR) is 94.8 cm³/mol. The molecule has 0 heterocycles. The molecule has 2 aromatic carbocycles. The van der Waals surface area contributed by atoms with E-state index < -0.39 is 27.8 Å². The first-order chi connectivity index (χ1) is 11.7. The zero-order chi connectivity index (χ0) is 18.6. The zero-order valence-electron chi connectivity index (χ0n) is 14.1. The normalized spacial score (nSPS) is 12.3. The summed E-state index contributed by atoms with van der Waals surface area (Å²) < 4.78 is 43.7. The third-order valence-corrected chi connectivity index (χ3v) is 4.73. The molecule has 0 aliphatic carbocycles. The molecule has 25 heavy (non-hydrogen) atoms. The second kappa shape index (κ2) is 7.52.